The number of aromatic carboxylic acids is 1. The Hall–Kier alpha value is -2.64. The van der Waals surface area contributed by atoms with Gasteiger partial charge >= 0.3 is 5.97 Å². The van der Waals surface area contributed by atoms with Crippen molar-refractivity contribution in [3.05, 3.63) is 33.4 Å². The monoisotopic (exact) mass is 253 g/mol. The molecule has 0 fully saturated rings. The van der Waals surface area contributed by atoms with Crippen LogP contribution in [0.1, 0.15) is 15.9 Å². The molecule has 0 heterocycles. The average Bonchev–Trinajstić information content (AvgIpc) is 2.26. The Morgan fingerprint density at radius 2 is 2.11 bits per heavy atom. The fourth-order valence-electron chi connectivity index (χ4n) is 1.38. The number of anilines is 1. The summed E-state index contributed by atoms with van der Waals surface area (Å²) in [5, 5.41) is 22.2. The number of carboxylic acid groups (broad SMARTS) is 1. The number of primary amides is 1. The van der Waals surface area contributed by atoms with E-state index in [2.05, 4.69) is 5.32 Å². The van der Waals surface area contributed by atoms with Gasteiger partial charge in [0, 0.05) is 17.3 Å². The summed E-state index contributed by atoms with van der Waals surface area (Å²) >= 11 is 0. The normalized spacial score (nSPS) is 9.83. The fraction of sp³-hybridized carbons (Fsp3) is 0.200. The highest BCUT2D eigenvalue weighted by molar-refractivity contribution is 5.91. The van der Waals surface area contributed by atoms with Crippen LogP contribution in [0.3, 0.4) is 0 Å². The molecule has 4 N–H and O–H groups in total. The van der Waals surface area contributed by atoms with Gasteiger partial charge in [0.05, 0.1) is 17.0 Å². The third-order valence-corrected chi connectivity index (χ3v) is 2.28. The van der Waals surface area contributed by atoms with E-state index in [1.54, 1.807) is 0 Å². The molecule has 0 aliphatic heterocycles. The number of carbonyl (C=O) groups excluding carboxylic acids is 1. The van der Waals surface area contributed by atoms with Gasteiger partial charge < -0.3 is 16.2 Å². The van der Waals surface area contributed by atoms with Gasteiger partial charge in [-0.05, 0) is 13.0 Å². The number of hydrogen-bond acceptors (Lipinski definition) is 5. The molecule has 8 nitrogen and oxygen atoms in total. The highest BCUT2D eigenvalue weighted by atomic mass is 16.6. The van der Waals surface area contributed by atoms with Crippen molar-refractivity contribution in [3.63, 3.8) is 0 Å². The maximum Gasteiger partial charge on any atom is 0.336 e. The number of carbonyl (C=O) groups is 2. The molecule has 0 aromatic heterocycles. The largest absolute Gasteiger partial charge is 0.478 e. The molecular formula is C10H11N3O5. The highest BCUT2D eigenvalue weighted by Gasteiger charge is 2.19. The average molecular weight is 253 g/mol. The number of amides is 1. The molecular weight excluding hydrogens is 242 g/mol. The van der Waals surface area contributed by atoms with E-state index in [9.17, 15) is 19.7 Å². The molecule has 0 aliphatic carbocycles. The van der Waals surface area contributed by atoms with Crippen LogP contribution in [-0.2, 0) is 4.79 Å². The molecule has 96 valence electrons. The van der Waals surface area contributed by atoms with Crippen molar-refractivity contribution >= 4 is 23.3 Å². The van der Waals surface area contributed by atoms with Crippen LogP contribution in [0.15, 0.2) is 12.1 Å². The quantitative estimate of drug-likeness (QED) is 0.516. The van der Waals surface area contributed by atoms with Crippen LogP contribution in [0.5, 0.6) is 0 Å². The summed E-state index contributed by atoms with van der Waals surface area (Å²) in [4.78, 5) is 31.6. The lowest BCUT2D eigenvalue weighted by Gasteiger charge is -2.09. The molecule has 0 bridgehead atoms. The predicted octanol–water partition coefficient (Wildman–Crippen LogP) is 0.499. The van der Waals surface area contributed by atoms with E-state index in [0.29, 0.717) is 0 Å². The van der Waals surface area contributed by atoms with Crippen LogP contribution in [0.25, 0.3) is 0 Å². The smallest absolute Gasteiger partial charge is 0.336 e. The first-order valence-electron chi connectivity index (χ1n) is 4.87. The molecule has 1 aromatic carbocycles. The van der Waals surface area contributed by atoms with Gasteiger partial charge in [0.25, 0.3) is 5.69 Å². The second-order valence-electron chi connectivity index (χ2n) is 3.55. The summed E-state index contributed by atoms with van der Waals surface area (Å²) in [6.45, 7) is 1.22. The summed E-state index contributed by atoms with van der Waals surface area (Å²) in [5.41, 5.74) is 4.80. The van der Waals surface area contributed by atoms with Gasteiger partial charge in [-0.3, -0.25) is 14.9 Å². The van der Waals surface area contributed by atoms with E-state index in [1.165, 1.54) is 13.0 Å². The van der Waals surface area contributed by atoms with E-state index in [-0.39, 0.29) is 29.0 Å². The van der Waals surface area contributed by atoms with Crippen molar-refractivity contribution in [2.24, 2.45) is 5.73 Å². The topological polar surface area (TPSA) is 136 Å². The Morgan fingerprint density at radius 1 is 1.50 bits per heavy atom. The Kier molecular flexibility index (Phi) is 3.82. The number of hydrogen-bond donors (Lipinski definition) is 3. The first-order chi connectivity index (χ1) is 8.32. The van der Waals surface area contributed by atoms with Gasteiger partial charge in [0.15, 0.2) is 0 Å². The Labute approximate surface area is 102 Å². The van der Waals surface area contributed by atoms with Crippen LogP contribution < -0.4 is 11.1 Å². The SMILES string of the molecule is Cc1c(NCC(N)=O)cc(C(=O)O)cc1[N+](=O)[O-]. The van der Waals surface area contributed by atoms with Gasteiger partial charge in [-0.15, -0.1) is 0 Å². The molecule has 8 heteroatoms. The molecule has 0 saturated carbocycles. The van der Waals surface area contributed by atoms with Crippen molar-refractivity contribution in [2.45, 2.75) is 6.92 Å². The molecule has 18 heavy (non-hydrogen) atoms. The Bertz CT molecular complexity index is 526. The zero-order valence-electron chi connectivity index (χ0n) is 9.47. The van der Waals surface area contributed by atoms with Crippen molar-refractivity contribution in [1.82, 2.24) is 0 Å². The maximum absolute atomic E-state index is 10.8. The minimum absolute atomic E-state index is 0.195. The van der Waals surface area contributed by atoms with Crippen LogP contribution in [0, 0.1) is 17.0 Å². The summed E-state index contributed by atoms with van der Waals surface area (Å²) in [7, 11) is 0. The number of benzene rings is 1. The molecule has 0 unspecified atom stereocenters. The van der Waals surface area contributed by atoms with Gasteiger partial charge in [-0.25, -0.2) is 4.79 Å². The summed E-state index contributed by atoms with van der Waals surface area (Å²) in [6, 6.07) is 2.18. The molecule has 1 rings (SSSR count). The molecule has 0 saturated heterocycles. The first kappa shape index (κ1) is 13.4. The minimum Gasteiger partial charge on any atom is -0.478 e. The summed E-state index contributed by atoms with van der Waals surface area (Å²) in [5.74, 6) is -1.95. The third kappa shape index (κ3) is 2.94. The van der Waals surface area contributed by atoms with Gasteiger partial charge in [-0.2, -0.15) is 0 Å². The van der Waals surface area contributed by atoms with Gasteiger partial charge in [0.1, 0.15) is 0 Å². The lowest BCUT2D eigenvalue weighted by atomic mass is 10.1. The van der Waals surface area contributed by atoms with Crippen LogP contribution in [0.2, 0.25) is 0 Å². The van der Waals surface area contributed by atoms with Crippen molar-refractivity contribution < 1.29 is 19.6 Å². The molecule has 0 aliphatic rings. The summed E-state index contributed by atoms with van der Waals surface area (Å²) in [6.07, 6.45) is 0. The van der Waals surface area contributed by atoms with Crippen molar-refractivity contribution in [1.29, 1.82) is 0 Å². The molecule has 0 radical (unpaired) electrons. The second kappa shape index (κ2) is 5.13. The zero-order valence-corrected chi connectivity index (χ0v) is 9.47. The molecule has 0 atom stereocenters. The number of nitrogens with two attached hydrogens (primary N) is 1. The van der Waals surface area contributed by atoms with Crippen molar-refractivity contribution in [3.8, 4) is 0 Å². The highest BCUT2D eigenvalue weighted by Crippen LogP contribution is 2.27. The number of nitro benzene ring substituents is 1. The fourth-order valence-corrected chi connectivity index (χ4v) is 1.38. The van der Waals surface area contributed by atoms with E-state index < -0.39 is 16.8 Å². The lowest BCUT2D eigenvalue weighted by Crippen LogP contribution is -2.22. The lowest BCUT2D eigenvalue weighted by molar-refractivity contribution is -0.385. The maximum atomic E-state index is 10.8. The van der Waals surface area contributed by atoms with Gasteiger partial charge in [0.2, 0.25) is 5.91 Å². The zero-order chi connectivity index (χ0) is 13.9. The second-order valence-corrected chi connectivity index (χ2v) is 3.55. The number of nitrogens with one attached hydrogen (secondary N) is 1. The van der Waals surface area contributed by atoms with Crippen LogP contribution in [0.4, 0.5) is 11.4 Å². The standard InChI is InChI=1S/C10H11N3O5/c1-5-7(12-4-9(11)14)2-6(10(15)16)3-8(5)13(17)18/h2-3,12H,4H2,1H3,(H2,11,14)(H,15,16). The first-order valence-corrected chi connectivity index (χ1v) is 4.87. The number of nitrogens with zero attached hydrogens (tertiary/aromatic N) is 1. The third-order valence-electron chi connectivity index (χ3n) is 2.28. The van der Waals surface area contributed by atoms with Gasteiger partial charge in [-0.1, -0.05) is 0 Å². The number of carboxylic acids is 1. The number of rotatable bonds is 5. The Morgan fingerprint density at radius 3 is 2.56 bits per heavy atom. The van der Waals surface area contributed by atoms with E-state index >= 15 is 0 Å². The van der Waals surface area contributed by atoms with Crippen LogP contribution >= 0.6 is 0 Å². The molecule has 1 amide bonds. The van der Waals surface area contributed by atoms with E-state index in [1.807, 2.05) is 0 Å². The van der Waals surface area contributed by atoms with Crippen LogP contribution in [-0.4, -0.2) is 28.5 Å². The van der Waals surface area contributed by atoms with E-state index in [0.717, 1.165) is 6.07 Å². The van der Waals surface area contributed by atoms with E-state index in [4.69, 9.17) is 10.8 Å². The van der Waals surface area contributed by atoms with Crippen molar-refractivity contribution in [2.75, 3.05) is 11.9 Å². The predicted molar refractivity (Wildman–Crippen MR) is 62.5 cm³/mol. The Balaban J connectivity index is 3.26. The number of nitro groups is 1. The molecule has 0 spiro atoms. The summed E-state index contributed by atoms with van der Waals surface area (Å²) < 4.78 is 0. The molecule has 1 aromatic rings. The minimum atomic E-state index is -1.29.